The summed E-state index contributed by atoms with van der Waals surface area (Å²) in [5.41, 5.74) is 3.67. The minimum atomic E-state index is -0.251. The van der Waals surface area contributed by atoms with E-state index >= 15 is 0 Å². The van der Waals surface area contributed by atoms with E-state index in [4.69, 9.17) is 12.2 Å². The number of hydrogen-bond acceptors (Lipinski definition) is 4. The lowest BCUT2D eigenvalue weighted by atomic mass is 10.2. The molecule has 138 valence electrons. The Hall–Kier alpha value is -2.85. The van der Waals surface area contributed by atoms with Crippen LogP contribution in [0.25, 0.3) is 16.7 Å². The molecule has 0 fully saturated rings. The minimum Gasteiger partial charge on any atom is -0.332 e. The molecule has 0 spiro atoms. The van der Waals surface area contributed by atoms with Gasteiger partial charge in [-0.05, 0) is 77.3 Å². The molecule has 1 heterocycles. The number of carbonyl (C=O) groups excluding carboxylic acids is 1. The van der Waals surface area contributed by atoms with Crippen molar-refractivity contribution in [2.45, 2.75) is 0 Å². The molecule has 28 heavy (non-hydrogen) atoms. The summed E-state index contributed by atoms with van der Waals surface area (Å²) >= 11 is 7.39. The highest BCUT2D eigenvalue weighted by Gasteiger charge is 2.11. The molecular weight excluding hydrogens is 485 g/mol. The van der Waals surface area contributed by atoms with Crippen molar-refractivity contribution in [3.8, 4) is 5.69 Å². The molecule has 2 N–H and O–H groups in total. The molecule has 0 unspecified atom stereocenters. The number of anilines is 1. The molecule has 0 aliphatic carbocycles. The first-order valence-electron chi connectivity index (χ1n) is 8.39. The molecule has 0 saturated heterocycles. The molecular formula is C20H14IN5OS. The Bertz CT molecular complexity index is 1180. The fraction of sp³-hybridized carbons (Fsp3) is 0. The van der Waals surface area contributed by atoms with E-state index in [0.29, 0.717) is 5.56 Å². The van der Waals surface area contributed by atoms with E-state index in [9.17, 15) is 4.79 Å². The first kappa shape index (κ1) is 18.5. The number of nitrogens with one attached hydrogen (secondary N) is 2. The number of benzene rings is 3. The molecule has 0 radical (unpaired) electrons. The predicted molar refractivity (Wildman–Crippen MR) is 122 cm³/mol. The molecule has 4 rings (SSSR count). The summed E-state index contributed by atoms with van der Waals surface area (Å²) in [5, 5.41) is 14.9. The van der Waals surface area contributed by atoms with Gasteiger partial charge in [0.1, 0.15) is 11.0 Å². The third-order valence-electron chi connectivity index (χ3n) is 3.97. The van der Waals surface area contributed by atoms with Crippen LogP contribution in [-0.4, -0.2) is 26.0 Å². The van der Waals surface area contributed by atoms with Gasteiger partial charge >= 0.3 is 0 Å². The van der Waals surface area contributed by atoms with E-state index in [1.165, 1.54) is 0 Å². The van der Waals surface area contributed by atoms with E-state index in [1.54, 1.807) is 10.9 Å². The quantitative estimate of drug-likeness (QED) is 0.328. The molecule has 0 aliphatic rings. The van der Waals surface area contributed by atoms with Crippen molar-refractivity contribution in [1.29, 1.82) is 0 Å². The zero-order valence-corrected chi connectivity index (χ0v) is 17.4. The zero-order chi connectivity index (χ0) is 19.5. The van der Waals surface area contributed by atoms with Gasteiger partial charge in [-0.3, -0.25) is 10.1 Å². The third-order valence-corrected chi connectivity index (χ3v) is 5.12. The Labute approximate surface area is 180 Å². The van der Waals surface area contributed by atoms with Crippen molar-refractivity contribution in [2.24, 2.45) is 0 Å². The van der Waals surface area contributed by atoms with Crippen molar-refractivity contribution in [2.75, 3.05) is 5.32 Å². The second-order valence-corrected chi connectivity index (χ2v) is 7.49. The van der Waals surface area contributed by atoms with Crippen LogP contribution in [0.3, 0.4) is 0 Å². The van der Waals surface area contributed by atoms with Crippen molar-refractivity contribution in [3.05, 3.63) is 81.9 Å². The van der Waals surface area contributed by atoms with Gasteiger partial charge in [0.2, 0.25) is 0 Å². The topological polar surface area (TPSA) is 71.8 Å². The first-order valence-corrected chi connectivity index (χ1v) is 9.88. The van der Waals surface area contributed by atoms with E-state index in [-0.39, 0.29) is 11.0 Å². The van der Waals surface area contributed by atoms with Gasteiger partial charge in [0, 0.05) is 9.26 Å². The maximum Gasteiger partial charge on any atom is 0.258 e. The molecule has 6 nitrogen and oxygen atoms in total. The van der Waals surface area contributed by atoms with Crippen LogP contribution in [-0.2, 0) is 0 Å². The van der Waals surface area contributed by atoms with Crippen LogP contribution in [0.1, 0.15) is 10.4 Å². The highest BCUT2D eigenvalue weighted by atomic mass is 127. The summed E-state index contributed by atoms with van der Waals surface area (Å²) in [6.07, 6.45) is 0. The number of amides is 1. The number of fused-ring (bicyclic) bond motifs is 1. The summed E-state index contributed by atoms with van der Waals surface area (Å²) in [6.45, 7) is 0. The van der Waals surface area contributed by atoms with Gasteiger partial charge in [0.25, 0.3) is 5.91 Å². The molecule has 0 atom stereocenters. The Kier molecular flexibility index (Phi) is 5.31. The third kappa shape index (κ3) is 4.02. The Morgan fingerprint density at radius 2 is 1.64 bits per heavy atom. The molecule has 1 amide bonds. The molecule has 0 saturated carbocycles. The zero-order valence-electron chi connectivity index (χ0n) is 14.5. The van der Waals surface area contributed by atoms with E-state index in [1.807, 2.05) is 66.7 Å². The number of hydrogen-bond donors (Lipinski definition) is 2. The van der Waals surface area contributed by atoms with Crippen LogP contribution >= 0.6 is 34.8 Å². The number of thiocarbonyl (C=S) groups is 1. The average molecular weight is 499 g/mol. The largest absolute Gasteiger partial charge is 0.332 e. The number of nitrogens with zero attached hydrogens (tertiary/aromatic N) is 3. The van der Waals surface area contributed by atoms with Gasteiger partial charge < -0.3 is 5.32 Å². The number of rotatable bonds is 3. The summed E-state index contributed by atoms with van der Waals surface area (Å²) < 4.78 is 0.861. The average Bonchev–Trinajstić information content (AvgIpc) is 3.12. The summed E-state index contributed by atoms with van der Waals surface area (Å²) in [4.78, 5) is 14.0. The number of para-hydroxylation sites is 1. The van der Waals surface area contributed by atoms with Gasteiger partial charge in [-0.15, -0.1) is 10.2 Å². The lowest BCUT2D eigenvalue weighted by Gasteiger charge is -2.10. The summed E-state index contributed by atoms with van der Waals surface area (Å²) in [5.74, 6) is -0.251. The fourth-order valence-electron chi connectivity index (χ4n) is 2.65. The van der Waals surface area contributed by atoms with E-state index in [2.05, 4.69) is 43.4 Å². The van der Waals surface area contributed by atoms with Crippen LogP contribution in [0, 0.1) is 3.57 Å². The number of carbonyl (C=O) groups is 1. The monoisotopic (exact) mass is 499 g/mol. The van der Waals surface area contributed by atoms with Crippen LogP contribution in [0.15, 0.2) is 72.8 Å². The fourth-order valence-corrected chi connectivity index (χ4v) is 3.49. The Morgan fingerprint density at radius 3 is 2.43 bits per heavy atom. The second-order valence-electron chi connectivity index (χ2n) is 5.92. The Balaban J connectivity index is 1.49. The summed E-state index contributed by atoms with van der Waals surface area (Å²) in [6, 6.07) is 22.6. The summed E-state index contributed by atoms with van der Waals surface area (Å²) in [7, 11) is 0. The normalized spacial score (nSPS) is 10.6. The molecule has 8 heteroatoms. The van der Waals surface area contributed by atoms with Gasteiger partial charge in [0.15, 0.2) is 5.11 Å². The molecule has 3 aromatic carbocycles. The smallest absolute Gasteiger partial charge is 0.258 e. The van der Waals surface area contributed by atoms with Crippen LogP contribution in [0.4, 0.5) is 5.69 Å². The van der Waals surface area contributed by atoms with Crippen molar-refractivity contribution < 1.29 is 4.79 Å². The predicted octanol–water partition coefficient (Wildman–Crippen LogP) is 4.15. The number of aromatic nitrogens is 3. The van der Waals surface area contributed by atoms with Crippen LogP contribution < -0.4 is 10.6 Å². The maximum absolute atomic E-state index is 12.4. The molecule has 0 aliphatic heterocycles. The van der Waals surface area contributed by atoms with Crippen LogP contribution in [0.5, 0.6) is 0 Å². The molecule has 0 bridgehead atoms. The second kappa shape index (κ2) is 8.03. The minimum absolute atomic E-state index is 0.222. The van der Waals surface area contributed by atoms with Gasteiger partial charge in [-0.1, -0.05) is 30.3 Å². The molecule has 4 aromatic rings. The maximum atomic E-state index is 12.4. The number of halogens is 1. The first-order chi connectivity index (χ1) is 13.6. The van der Waals surface area contributed by atoms with Gasteiger partial charge in [0.05, 0.1) is 11.3 Å². The van der Waals surface area contributed by atoms with E-state index < -0.39 is 0 Å². The highest BCUT2D eigenvalue weighted by molar-refractivity contribution is 14.1. The van der Waals surface area contributed by atoms with E-state index in [0.717, 1.165) is 26.0 Å². The SMILES string of the molecule is O=C(NC(=S)Nc1ccc2nn(-c3ccccc3)nc2c1)c1ccccc1I. The Morgan fingerprint density at radius 1 is 0.929 bits per heavy atom. The van der Waals surface area contributed by atoms with Gasteiger partial charge in [-0.25, -0.2) is 0 Å². The standard InChI is InChI=1S/C20H14IN5OS/c21-16-9-5-4-8-15(16)19(27)23-20(28)22-13-10-11-17-18(12-13)25-26(24-17)14-6-2-1-3-7-14/h1-12H,(H2,22,23,27,28). The van der Waals surface area contributed by atoms with Gasteiger partial charge in [-0.2, -0.15) is 4.80 Å². The molecule has 1 aromatic heterocycles. The lowest BCUT2D eigenvalue weighted by molar-refractivity contribution is 0.0977. The van der Waals surface area contributed by atoms with Crippen LogP contribution in [0.2, 0.25) is 0 Å². The van der Waals surface area contributed by atoms with Crippen molar-refractivity contribution in [1.82, 2.24) is 20.3 Å². The highest BCUT2D eigenvalue weighted by Crippen LogP contribution is 2.18. The van der Waals surface area contributed by atoms with Crippen molar-refractivity contribution in [3.63, 3.8) is 0 Å². The van der Waals surface area contributed by atoms with Crippen molar-refractivity contribution >= 4 is 62.5 Å². The lowest BCUT2D eigenvalue weighted by Crippen LogP contribution is -2.34.